The third-order valence-corrected chi connectivity index (χ3v) is 3.13. The van der Waals surface area contributed by atoms with Crippen LogP contribution in [0.4, 0.5) is 0 Å². The number of ether oxygens (including phenoxy) is 1. The summed E-state index contributed by atoms with van der Waals surface area (Å²) in [5.74, 6) is 0.902. The maximum atomic E-state index is 5.81. The zero-order valence-corrected chi connectivity index (χ0v) is 11.0. The van der Waals surface area contributed by atoms with E-state index in [9.17, 15) is 0 Å². The molecule has 0 atom stereocenters. The largest absolute Gasteiger partial charge is 0.490 e. The molecule has 2 heteroatoms. The summed E-state index contributed by atoms with van der Waals surface area (Å²) in [6, 6.07) is 8.36. The normalized spacial score (nSPS) is 10.5. The Morgan fingerprint density at radius 2 is 2.06 bits per heavy atom. The van der Waals surface area contributed by atoms with Gasteiger partial charge in [-0.25, -0.2) is 0 Å². The second-order valence-electron chi connectivity index (χ2n) is 4.14. The van der Waals surface area contributed by atoms with Crippen molar-refractivity contribution >= 4 is 17.4 Å². The van der Waals surface area contributed by atoms with E-state index in [1.807, 2.05) is 19.9 Å². The van der Waals surface area contributed by atoms with Crippen LogP contribution in [0.5, 0.6) is 5.75 Å². The minimum absolute atomic E-state index is 0.173. The summed E-state index contributed by atoms with van der Waals surface area (Å²) in [4.78, 5) is 0. The Balaban J connectivity index is 2.41. The summed E-state index contributed by atoms with van der Waals surface area (Å²) in [7, 11) is 0. The van der Waals surface area contributed by atoms with Crippen LogP contribution in [0, 0.1) is 0 Å². The third kappa shape index (κ3) is 2.77. The van der Waals surface area contributed by atoms with Gasteiger partial charge in [0.25, 0.3) is 0 Å². The molecule has 1 nitrogen and oxygen atoms in total. The van der Waals surface area contributed by atoms with Gasteiger partial charge in [-0.15, -0.1) is 0 Å². The van der Waals surface area contributed by atoms with Gasteiger partial charge in [0.15, 0.2) is 0 Å². The summed E-state index contributed by atoms with van der Waals surface area (Å²) in [6.07, 6.45) is 2.00. The Kier molecular flexibility index (Phi) is 3.64. The molecule has 0 aliphatic carbocycles. The van der Waals surface area contributed by atoms with Crippen molar-refractivity contribution in [2.24, 2.45) is 0 Å². The molecule has 1 aromatic heterocycles. The molecule has 2 rings (SSSR count). The third-order valence-electron chi connectivity index (χ3n) is 2.45. The molecule has 1 aromatic carbocycles. The highest BCUT2D eigenvalue weighted by Crippen LogP contribution is 2.29. The molecule has 0 amide bonds. The van der Waals surface area contributed by atoms with E-state index >= 15 is 0 Å². The summed E-state index contributed by atoms with van der Waals surface area (Å²) in [5.41, 5.74) is 3.46. The van der Waals surface area contributed by atoms with Crippen molar-refractivity contribution in [3.8, 4) is 16.9 Å². The van der Waals surface area contributed by atoms with E-state index in [0.29, 0.717) is 0 Å². The zero-order valence-electron chi connectivity index (χ0n) is 10.1. The van der Waals surface area contributed by atoms with Crippen LogP contribution in [-0.4, -0.2) is 6.10 Å². The van der Waals surface area contributed by atoms with Gasteiger partial charge in [0, 0.05) is 5.56 Å². The van der Waals surface area contributed by atoms with Crippen molar-refractivity contribution in [1.29, 1.82) is 0 Å². The van der Waals surface area contributed by atoms with Gasteiger partial charge in [-0.05, 0) is 47.9 Å². The van der Waals surface area contributed by atoms with E-state index in [1.54, 1.807) is 11.3 Å². The lowest BCUT2D eigenvalue weighted by Crippen LogP contribution is -2.06. The van der Waals surface area contributed by atoms with E-state index in [1.165, 1.54) is 11.1 Å². The van der Waals surface area contributed by atoms with Gasteiger partial charge in [0.1, 0.15) is 5.75 Å². The molecule has 0 aliphatic heterocycles. The van der Waals surface area contributed by atoms with Crippen LogP contribution in [0.3, 0.4) is 0 Å². The average Bonchev–Trinajstić information content (AvgIpc) is 2.81. The first-order valence-electron chi connectivity index (χ1n) is 5.66. The van der Waals surface area contributed by atoms with Crippen molar-refractivity contribution < 1.29 is 4.74 Å². The smallest absolute Gasteiger partial charge is 0.127 e. The summed E-state index contributed by atoms with van der Waals surface area (Å²) >= 11 is 1.70. The Labute approximate surface area is 106 Å². The highest BCUT2D eigenvalue weighted by molar-refractivity contribution is 7.08. The van der Waals surface area contributed by atoms with E-state index < -0.39 is 0 Å². The Morgan fingerprint density at radius 1 is 1.24 bits per heavy atom. The zero-order chi connectivity index (χ0) is 12.3. The van der Waals surface area contributed by atoms with E-state index in [0.717, 1.165) is 11.3 Å². The van der Waals surface area contributed by atoms with Crippen molar-refractivity contribution in [1.82, 2.24) is 0 Å². The molecule has 0 N–H and O–H groups in total. The molecule has 0 spiro atoms. The van der Waals surface area contributed by atoms with Crippen LogP contribution in [-0.2, 0) is 0 Å². The molecule has 0 saturated heterocycles. The molecule has 2 aromatic rings. The lowest BCUT2D eigenvalue weighted by atomic mass is 10.1. The van der Waals surface area contributed by atoms with E-state index in [4.69, 9.17) is 4.74 Å². The highest BCUT2D eigenvalue weighted by Gasteiger charge is 2.06. The summed E-state index contributed by atoms with van der Waals surface area (Å²) in [5, 5.41) is 4.22. The molecule has 0 bridgehead atoms. The van der Waals surface area contributed by atoms with Crippen LogP contribution in [0.2, 0.25) is 0 Å². The van der Waals surface area contributed by atoms with Gasteiger partial charge in [-0.1, -0.05) is 24.8 Å². The van der Waals surface area contributed by atoms with Gasteiger partial charge in [0.05, 0.1) is 6.10 Å². The van der Waals surface area contributed by atoms with Gasteiger partial charge in [-0.2, -0.15) is 11.3 Å². The van der Waals surface area contributed by atoms with Gasteiger partial charge in [0.2, 0.25) is 0 Å². The quantitative estimate of drug-likeness (QED) is 0.747. The molecular weight excluding hydrogens is 228 g/mol. The van der Waals surface area contributed by atoms with Crippen LogP contribution >= 0.6 is 11.3 Å². The molecule has 0 radical (unpaired) electrons. The first kappa shape index (κ1) is 11.9. The number of rotatable bonds is 4. The topological polar surface area (TPSA) is 9.23 Å². The predicted molar refractivity (Wildman–Crippen MR) is 75.6 cm³/mol. The predicted octanol–water partition coefficient (Wildman–Crippen LogP) is 4.85. The number of hydrogen-bond donors (Lipinski definition) is 0. The molecule has 0 saturated carbocycles. The van der Waals surface area contributed by atoms with E-state index in [-0.39, 0.29) is 6.10 Å². The van der Waals surface area contributed by atoms with Gasteiger partial charge in [-0.3, -0.25) is 0 Å². The van der Waals surface area contributed by atoms with Crippen molar-refractivity contribution in [2.45, 2.75) is 20.0 Å². The summed E-state index contributed by atoms with van der Waals surface area (Å²) in [6.45, 7) is 7.88. The fourth-order valence-corrected chi connectivity index (χ4v) is 2.33. The molecule has 0 fully saturated rings. The molecule has 1 heterocycles. The second kappa shape index (κ2) is 5.19. The Morgan fingerprint density at radius 3 is 2.65 bits per heavy atom. The van der Waals surface area contributed by atoms with Crippen LogP contribution in [0.15, 0.2) is 41.6 Å². The number of thiophene rings is 1. The minimum Gasteiger partial charge on any atom is -0.490 e. The first-order chi connectivity index (χ1) is 8.20. The second-order valence-corrected chi connectivity index (χ2v) is 4.92. The lowest BCUT2D eigenvalue weighted by molar-refractivity contribution is 0.242. The Bertz CT molecular complexity index is 498. The minimum atomic E-state index is 0.173. The number of benzene rings is 1. The highest BCUT2D eigenvalue weighted by atomic mass is 32.1. The molecule has 17 heavy (non-hydrogen) atoms. The van der Waals surface area contributed by atoms with Gasteiger partial charge >= 0.3 is 0 Å². The van der Waals surface area contributed by atoms with Crippen molar-refractivity contribution in [2.75, 3.05) is 0 Å². The van der Waals surface area contributed by atoms with Gasteiger partial charge < -0.3 is 4.74 Å². The standard InChI is InChI=1S/C15H16OS/c1-4-12-5-6-13(14-7-8-17-10-14)9-15(12)16-11(2)3/h4-11H,1H2,2-3H3. The van der Waals surface area contributed by atoms with Crippen LogP contribution in [0.1, 0.15) is 19.4 Å². The lowest BCUT2D eigenvalue weighted by Gasteiger charge is -2.13. The molecule has 0 unspecified atom stereocenters. The molecular formula is C15H16OS. The van der Waals surface area contributed by atoms with Crippen LogP contribution in [0.25, 0.3) is 17.2 Å². The van der Waals surface area contributed by atoms with E-state index in [2.05, 4.69) is 41.6 Å². The Hall–Kier alpha value is -1.54. The van der Waals surface area contributed by atoms with Crippen LogP contribution < -0.4 is 4.74 Å². The van der Waals surface area contributed by atoms with Crippen molar-refractivity contribution in [3.63, 3.8) is 0 Å². The monoisotopic (exact) mass is 244 g/mol. The first-order valence-corrected chi connectivity index (χ1v) is 6.60. The van der Waals surface area contributed by atoms with Crippen molar-refractivity contribution in [3.05, 3.63) is 47.2 Å². The maximum Gasteiger partial charge on any atom is 0.127 e. The average molecular weight is 244 g/mol. The molecule has 88 valence electrons. The number of hydrogen-bond acceptors (Lipinski definition) is 2. The maximum absolute atomic E-state index is 5.81. The SMILES string of the molecule is C=Cc1ccc(-c2ccsc2)cc1OC(C)C. The fraction of sp³-hybridized carbons (Fsp3) is 0.200. The fourth-order valence-electron chi connectivity index (χ4n) is 1.67. The summed E-state index contributed by atoms with van der Waals surface area (Å²) < 4.78 is 5.81. The molecule has 0 aliphatic rings.